The third-order valence-corrected chi connectivity index (χ3v) is 5.89. The first-order valence-electron chi connectivity index (χ1n) is 10.6. The van der Waals surface area contributed by atoms with Gasteiger partial charge in [0.05, 0.1) is 31.2 Å². The van der Waals surface area contributed by atoms with Crippen LogP contribution in [0.2, 0.25) is 0 Å². The van der Waals surface area contributed by atoms with Crippen molar-refractivity contribution in [1.82, 2.24) is 0 Å². The highest BCUT2D eigenvalue weighted by atomic mass is 16.5. The summed E-state index contributed by atoms with van der Waals surface area (Å²) in [5.74, 6) is 0.232. The maximum atomic E-state index is 13.8. The summed E-state index contributed by atoms with van der Waals surface area (Å²) in [6, 6.07) is 18.4. The fourth-order valence-corrected chi connectivity index (χ4v) is 4.00. The van der Waals surface area contributed by atoms with Gasteiger partial charge in [-0.25, -0.2) is 4.90 Å². The largest absolute Gasteiger partial charge is 0.496 e. The second kappa shape index (κ2) is 8.82. The van der Waals surface area contributed by atoms with E-state index in [1.54, 1.807) is 32.4 Å². The molecule has 0 radical (unpaired) electrons. The molecule has 1 aliphatic heterocycles. The molecule has 168 valence electrons. The first-order valence-corrected chi connectivity index (χ1v) is 10.6. The van der Waals surface area contributed by atoms with Gasteiger partial charge < -0.3 is 14.8 Å². The molecule has 0 aromatic heterocycles. The van der Waals surface area contributed by atoms with Crippen LogP contribution >= 0.6 is 0 Å². The molecule has 33 heavy (non-hydrogen) atoms. The zero-order chi connectivity index (χ0) is 23.7. The smallest absolute Gasteiger partial charge is 0.282 e. The van der Waals surface area contributed by atoms with Crippen molar-refractivity contribution in [1.29, 1.82) is 0 Å². The summed E-state index contributed by atoms with van der Waals surface area (Å²) in [5, 5.41) is 3.20. The molecule has 0 bridgehead atoms. The summed E-state index contributed by atoms with van der Waals surface area (Å²) in [7, 11) is 3.11. The number of carbonyl (C=O) groups excluding carboxylic acids is 2. The fraction of sp³-hybridized carbons (Fsp3) is 0.185. The van der Waals surface area contributed by atoms with E-state index in [1.165, 1.54) is 4.90 Å². The first-order chi connectivity index (χ1) is 15.9. The maximum absolute atomic E-state index is 13.8. The molecule has 4 rings (SSSR count). The zero-order valence-electron chi connectivity index (χ0n) is 19.4. The minimum absolute atomic E-state index is 0.175. The Labute approximate surface area is 193 Å². The molecule has 0 saturated carbocycles. The van der Waals surface area contributed by atoms with Crippen molar-refractivity contribution in [2.45, 2.75) is 20.8 Å². The third kappa shape index (κ3) is 3.84. The van der Waals surface area contributed by atoms with Gasteiger partial charge in [0, 0.05) is 5.56 Å². The molecule has 0 fully saturated rings. The molecule has 2 amide bonds. The fourth-order valence-electron chi connectivity index (χ4n) is 4.00. The van der Waals surface area contributed by atoms with Crippen LogP contribution in [0.5, 0.6) is 11.5 Å². The standard InChI is InChI=1S/C27H26N2O4/c1-16-13-14-23(33-5)20(15-16)28-25-24(19-10-6-7-12-22(19)32-4)26(30)29(27(25)31)21-11-8-9-17(2)18(21)3/h6-15,28H,1-5H3. The summed E-state index contributed by atoms with van der Waals surface area (Å²) in [4.78, 5) is 28.8. The Hall–Kier alpha value is -4.06. The van der Waals surface area contributed by atoms with Gasteiger partial charge in [0.15, 0.2) is 0 Å². The van der Waals surface area contributed by atoms with Gasteiger partial charge in [0.2, 0.25) is 0 Å². The van der Waals surface area contributed by atoms with Gasteiger partial charge in [-0.05, 0) is 61.7 Å². The average molecular weight is 443 g/mol. The summed E-state index contributed by atoms with van der Waals surface area (Å²) >= 11 is 0. The van der Waals surface area contributed by atoms with Crippen molar-refractivity contribution in [3.63, 3.8) is 0 Å². The van der Waals surface area contributed by atoms with Crippen molar-refractivity contribution in [2.75, 3.05) is 24.4 Å². The predicted molar refractivity (Wildman–Crippen MR) is 130 cm³/mol. The van der Waals surface area contributed by atoms with E-state index in [0.29, 0.717) is 28.4 Å². The number of nitrogens with one attached hydrogen (secondary N) is 1. The lowest BCUT2D eigenvalue weighted by Crippen LogP contribution is -2.33. The van der Waals surface area contributed by atoms with Crippen molar-refractivity contribution < 1.29 is 19.1 Å². The normalized spacial score (nSPS) is 13.5. The van der Waals surface area contributed by atoms with E-state index in [9.17, 15) is 9.59 Å². The lowest BCUT2D eigenvalue weighted by atomic mass is 10.0. The monoisotopic (exact) mass is 442 g/mol. The van der Waals surface area contributed by atoms with Crippen molar-refractivity contribution in [3.05, 3.63) is 88.6 Å². The Balaban J connectivity index is 1.92. The number of carbonyl (C=O) groups is 2. The lowest BCUT2D eigenvalue weighted by Gasteiger charge is -2.19. The molecule has 0 spiro atoms. The highest BCUT2D eigenvalue weighted by molar-refractivity contribution is 6.46. The molecule has 0 aliphatic carbocycles. The summed E-state index contributed by atoms with van der Waals surface area (Å²) < 4.78 is 11.0. The van der Waals surface area contributed by atoms with E-state index >= 15 is 0 Å². The van der Waals surface area contributed by atoms with E-state index in [-0.39, 0.29) is 11.3 Å². The Bertz CT molecular complexity index is 1290. The molecule has 0 atom stereocenters. The Morgan fingerprint density at radius 3 is 2.24 bits per heavy atom. The molecular weight excluding hydrogens is 416 g/mol. The zero-order valence-corrected chi connectivity index (χ0v) is 19.4. The van der Waals surface area contributed by atoms with Crippen LogP contribution in [0, 0.1) is 20.8 Å². The second-order valence-electron chi connectivity index (χ2n) is 7.94. The molecule has 0 saturated heterocycles. The molecule has 3 aromatic carbocycles. The average Bonchev–Trinajstić information content (AvgIpc) is 3.05. The van der Waals surface area contributed by atoms with E-state index in [0.717, 1.165) is 16.7 Å². The van der Waals surface area contributed by atoms with Crippen LogP contribution in [0.4, 0.5) is 11.4 Å². The number of amides is 2. The lowest BCUT2D eigenvalue weighted by molar-refractivity contribution is -0.120. The highest BCUT2D eigenvalue weighted by Crippen LogP contribution is 2.39. The second-order valence-corrected chi connectivity index (χ2v) is 7.94. The number of methoxy groups -OCH3 is 2. The molecule has 3 aromatic rings. The van der Waals surface area contributed by atoms with E-state index < -0.39 is 11.8 Å². The summed E-state index contributed by atoms with van der Waals surface area (Å²) in [5.41, 5.74) is 4.98. The minimum Gasteiger partial charge on any atom is -0.496 e. The number of anilines is 2. The van der Waals surface area contributed by atoms with Crippen LogP contribution in [0.25, 0.3) is 5.57 Å². The quantitative estimate of drug-likeness (QED) is 0.543. The van der Waals surface area contributed by atoms with Crippen LogP contribution in [0.15, 0.2) is 66.4 Å². The van der Waals surface area contributed by atoms with Gasteiger partial charge >= 0.3 is 0 Å². The van der Waals surface area contributed by atoms with Gasteiger partial charge in [-0.3, -0.25) is 9.59 Å². The van der Waals surface area contributed by atoms with Crippen LogP contribution in [0.3, 0.4) is 0 Å². The highest BCUT2D eigenvalue weighted by Gasteiger charge is 2.42. The van der Waals surface area contributed by atoms with Gasteiger partial charge in [0.25, 0.3) is 11.8 Å². The van der Waals surface area contributed by atoms with Crippen LogP contribution in [0.1, 0.15) is 22.3 Å². The molecular formula is C27H26N2O4. The molecule has 1 N–H and O–H groups in total. The number of hydrogen-bond donors (Lipinski definition) is 1. The summed E-state index contributed by atoms with van der Waals surface area (Å²) in [6.45, 7) is 5.81. The van der Waals surface area contributed by atoms with Crippen LogP contribution in [-0.4, -0.2) is 26.0 Å². The van der Waals surface area contributed by atoms with Crippen LogP contribution < -0.4 is 19.7 Å². The minimum atomic E-state index is -0.432. The van der Waals surface area contributed by atoms with Gasteiger partial charge in [-0.2, -0.15) is 0 Å². The van der Waals surface area contributed by atoms with Gasteiger partial charge in [0.1, 0.15) is 17.2 Å². The number of hydrogen-bond acceptors (Lipinski definition) is 5. The first kappa shape index (κ1) is 22.1. The van der Waals surface area contributed by atoms with E-state index in [1.807, 2.05) is 63.2 Å². The number of benzene rings is 3. The Morgan fingerprint density at radius 2 is 1.52 bits per heavy atom. The number of aryl methyl sites for hydroxylation is 2. The van der Waals surface area contributed by atoms with Crippen LogP contribution in [-0.2, 0) is 9.59 Å². The summed E-state index contributed by atoms with van der Waals surface area (Å²) in [6.07, 6.45) is 0. The Morgan fingerprint density at radius 1 is 0.788 bits per heavy atom. The number of ether oxygens (including phenoxy) is 2. The molecule has 0 unspecified atom stereocenters. The molecule has 1 aliphatic rings. The number of imide groups is 1. The van der Waals surface area contributed by atoms with E-state index in [2.05, 4.69) is 5.32 Å². The predicted octanol–water partition coefficient (Wildman–Crippen LogP) is 5.03. The van der Waals surface area contributed by atoms with E-state index in [4.69, 9.17) is 9.47 Å². The topological polar surface area (TPSA) is 67.9 Å². The Kier molecular flexibility index (Phi) is 5.92. The number of para-hydroxylation sites is 1. The molecule has 1 heterocycles. The van der Waals surface area contributed by atoms with Gasteiger partial charge in [-0.1, -0.05) is 36.4 Å². The van der Waals surface area contributed by atoms with Crippen molar-refractivity contribution in [2.24, 2.45) is 0 Å². The maximum Gasteiger partial charge on any atom is 0.282 e. The third-order valence-electron chi connectivity index (χ3n) is 5.89. The van der Waals surface area contributed by atoms with Gasteiger partial charge in [-0.15, -0.1) is 0 Å². The number of rotatable bonds is 6. The van der Waals surface area contributed by atoms with Crippen molar-refractivity contribution in [3.8, 4) is 11.5 Å². The SMILES string of the molecule is COc1ccc(C)cc1NC1=C(c2ccccc2OC)C(=O)N(c2cccc(C)c2C)C1=O. The number of nitrogens with zero attached hydrogens (tertiary/aromatic N) is 1. The molecule has 6 nitrogen and oxygen atoms in total. The van der Waals surface area contributed by atoms with Crippen molar-refractivity contribution >= 4 is 28.8 Å². The molecule has 6 heteroatoms.